The Balaban J connectivity index is 2.06. The van der Waals surface area contributed by atoms with Crippen LogP contribution in [0.4, 0.5) is 0 Å². The minimum atomic E-state index is -0.460. The molecule has 0 radical (unpaired) electrons. The van der Waals surface area contributed by atoms with Crippen LogP contribution in [0.5, 0.6) is 5.75 Å². The second-order valence-corrected chi connectivity index (χ2v) is 7.21. The summed E-state index contributed by atoms with van der Waals surface area (Å²) in [6.07, 6.45) is 5.06. The molecular formula is C26H26N4O3. The van der Waals surface area contributed by atoms with E-state index in [9.17, 15) is 10.1 Å². The predicted octanol–water partition coefficient (Wildman–Crippen LogP) is 4.08. The maximum atomic E-state index is 12.5. The van der Waals surface area contributed by atoms with Gasteiger partial charge in [0.15, 0.2) is 0 Å². The van der Waals surface area contributed by atoms with E-state index in [-0.39, 0.29) is 5.57 Å². The molecule has 0 unspecified atom stereocenters. The number of nitriles is 1. The summed E-state index contributed by atoms with van der Waals surface area (Å²) in [7, 11) is 1.55. The highest BCUT2D eigenvalue weighted by Crippen LogP contribution is 2.30. The van der Waals surface area contributed by atoms with E-state index >= 15 is 0 Å². The number of carbonyl (C=O) groups excluding carboxylic acids is 1. The predicted molar refractivity (Wildman–Crippen MR) is 128 cm³/mol. The zero-order valence-corrected chi connectivity index (χ0v) is 18.7. The van der Waals surface area contributed by atoms with Gasteiger partial charge in [0.2, 0.25) is 0 Å². The second-order valence-electron chi connectivity index (χ2n) is 7.21. The van der Waals surface area contributed by atoms with E-state index in [1.165, 1.54) is 0 Å². The van der Waals surface area contributed by atoms with Gasteiger partial charge in [0, 0.05) is 31.0 Å². The van der Waals surface area contributed by atoms with Gasteiger partial charge in [-0.3, -0.25) is 4.79 Å². The van der Waals surface area contributed by atoms with Gasteiger partial charge < -0.3 is 14.8 Å². The van der Waals surface area contributed by atoms with Crippen LogP contribution in [-0.4, -0.2) is 42.6 Å². The maximum Gasteiger partial charge on any atom is 0.262 e. The molecular weight excluding hydrogens is 416 g/mol. The van der Waals surface area contributed by atoms with Gasteiger partial charge in [-0.25, -0.2) is 4.68 Å². The van der Waals surface area contributed by atoms with Crippen molar-refractivity contribution in [3.63, 3.8) is 0 Å². The van der Waals surface area contributed by atoms with Gasteiger partial charge in [0.25, 0.3) is 5.91 Å². The average Bonchev–Trinajstić information content (AvgIpc) is 3.25. The van der Waals surface area contributed by atoms with Gasteiger partial charge in [0.05, 0.1) is 12.3 Å². The summed E-state index contributed by atoms with van der Waals surface area (Å²) in [6, 6.07) is 17.4. The Morgan fingerprint density at radius 2 is 2.06 bits per heavy atom. The fraction of sp³-hybridized carbons (Fsp3) is 0.192. The number of methoxy groups -OCH3 is 1. The molecule has 0 atom stereocenters. The van der Waals surface area contributed by atoms with Crippen molar-refractivity contribution < 1.29 is 14.3 Å². The summed E-state index contributed by atoms with van der Waals surface area (Å²) in [4.78, 5) is 12.5. The van der Waals surface area contributed by atoms with Crippen molar-refractivity contribution in [1.29, 1.82) is 5.26 Å². The normalized spacial score (nSPS) is 11.0. The summed E-state index contributed by atoms with van der Waals surface area (Å²) >= 11 is 0. The number of para-hydroxylation sites is 1. The third-order valence-corrected chi connectivity index (χ3v) is 4.84. The van der Waals surface area contributed by atoms with Crippen molar-refractivity contribution >= 4 is 12.0 Å². The number of ether oxygens (including phenoxy) is 2. The van der Waals surface area contributed by atoms with E-state index in [1.54, 1.807) is 23.9 Å². The Bertz CT molecular complexity index is 1190. The molecule has 1 N–H and O–H groups in total. The Morgan fingerprint density at radius 3 is 2.73 bits per heavy atom. The van der Waals surface area contributed by atoms with Gasteiger partial charge in [0.1, 0.15) is 29.7 Å². The molecule has 1 aromatic heterocycles. The van der Waals surface area contributed by atoms with Crippen LogP contribution in [0.2, 0.25) is 0 Å². The van der Waals surface area contributed by atoms with Crippen molar-refractivity contribution in [2.75, 3.05) is 26.9 Å². The fourth-order valence-electron chi connectivity index (χ4n) is 3.23. The number of nitrogens with zero attached hydrogens (tertiary/aromatic N) is 3. The molecule has 2 aromatic carbocycles. The molecule has 1 amide bonds. The highest BCUT2D eigenvalue weighted by atomic mass is 16.5. The van der Waals surface area contributed by atoms with Gasteiger partial charge in [-0.15, -0.1) is 0 Å². The largest absolute Gasteiger partial charge is 0.490 e. The molecule has 0 fully saturated rings. The smallest absolute Gasteiger partial charge is 0.262 e. The zero-order chi connectivity index (χ0) is 23.6. The van der Waals surface area contributed by atoms with Crippen LogP contribution in [0.15, 0.2) is 73.0 Å². The van der Waals surface area contributed by atoms with Crippen LogP contribution in [-0.2, 0) is 9.53 Å². The first-order valence-corrected chi connectivity index (χ1v) is 10.5. The first-order chi connectivity index (χ1) is 16.1. The average molecular weight is 443 g/mol. The molecule has 0 saturated heterocycles. The standard InChI is InChI=1S/C26H26N4O3/c1-4-13-33-23-10-11-24(19(2)15-23)25-21(16-20(17-27)26(31)28-12-14-32-3)18-30(29-25)22-8-6-5-7-9-22/h4-11,15-16,18H,1,12-14H2,2-3H3,(H,28,31)/b20-16+. The quantitative estimate of drug-likeness (QED) is 0.221. The molecule has 168 valence electrons. The van der Waals surface area contributed by atoms with Gasteiger partial charge in [-0.05, 0) is 48.9 Å². The molecule has 3 aromatic rings. The minimum Gasteiger partial charge on any atom is -0.490 e. The minimum absolute atomic E-state index is 0.0106. The molecule has 7 heteroatoms. The van der Waals surface area contributed by atoms with Crippen LogP contribution in [0.25, 0.3) is 23.0 Å². The molecule has 0 spiro atoms. The van der Waals surface area contributed by atoms with E-state index in [1.807, 2.05) is 67.7 Å². The second kappa shape index (κ2) is 11.5. The zero-order valence-electron chi connectivity index (χ0n) is 18.7. The summed E-state index contributed by atoms with van der Waals surface area (Å²) < 4.78 is 12.3. The number of hydrogen-bond acceptors (Lipinski definition) is 5. The Labute approximate surface area is 193 Å². The van der Waals surface area contributed by atoms with Crippen molar-refractivity contribution in [2.24, 2.45) is 0 Å². The molecule has 0 aliphatic rings. The van der Waals surface area contributed by atoms with Crippen LogP contribution in [0.1, 0.15) is 11.1 Å². The number of carbonyl (C=O) groups is 1. The summed E-state index contributed by atoms with van der Waals surface area (Å²) in [5.41, 5.74) is 3.99. The van der Waals surface area contributed by atoms with Crippen molar-refractivity contribution in [1.82, 2.24) is 15.1 Å². The molecule has 7 nitrogen and oxygen atoms in total. The van der Waals surface area contributed by atoms with E-state index in [0.717, 1.165) is 22.6 Å². The molecule has 3 rings (SSSR count). The highest BCUT2D eigenvalue weighted by Gasteiger charge is 2.16. The third-order valence-electron chi connectivity index (χ3n) is 4.84. The first-order valence-electron chi connectivity index (χ1n) is 10.5. The summed E-state index contributed by atoms with van der Waals surface area (Å²) in [5, 5.41) is 17.1. The van der Waals surface area contributed by atoms with E-state index in [2.05, 4.69) is 11.9 Å². The molecule has 0 aliphatic heterocycles. The van der Waals surface area contributed by atoms with Crippen molar-refractivity contribution in [3.8, 4) is 28.8 Å². The van der Waals surface area contributed by atoms with E-state index in [4.69, 9.17) is 14.6 Å². The van der Waals surface area contributed by atoms with Gasteiger partial charge in [-0.2, -0.15) is 10.4 Å². The number of nitrogens with one attached hydrogen (secondary N) is 1. The molecule has 33 heavy (non-hydrogen) atoms. The Kier molecular flexibility index (Phi) is 8.17. The van der Waals surface area contributed by atoms with Crippen molar-refractivity contribution in [3.05, 3.63) is 84.1 Å². The SMILES string of the molecule is C=CCOc1ccc(-c2nn(-c3ccccc3)cc2/C=C(\C#N)C(=O)NCCOC)c(C)c1. The summed E-state index contributed by atoms with van der Waals surface area (Å²) in [6.45, 7) is 6.73. The topological polar surface area (TPSA) is 89.2 Å². The number of benzene rings is 2. The Hall–Kier alpha value is -4.15. The van der Waals surface area contributed by atoms with Gasteiger partial charge >= 0.3 is 0 Å². The van der Waals surface area contributed by atoms with Crippen LogP contribution in [0.3, 0.4) is 0 Å². The molecule has 0 saturated carbocycles. The Morgan fingerprint density at radius 1 is 1.27 bits per heavy atom. The van der Waals surface area contributed by atoms with E-state index < -0.39 is 5.91 Å². The fourth-order valence-corrected chi connectivity index (χ4v) is 3.23. The van der Waals surface area contributed by atoms with E-state index in [0.29, 0.717) is 31.0 Å². The summed E-state index contributed by atoms with van der Waals surface area (Å²) in [5.74, 6) is 0.267. The number of aromatic nitrogens is 2. The lowest BCUT2D eigenvalue weighted by molar-refractivity contribution is -0.117. The van der Waals surface area contributed by atoms with Gasteiger partial charge in [-0.1, -0.05) is 30.9 Å². The monoisotopic (exact) mass is 442 g/mol. The number of amides is 1. The van der Waals surface area contributed by atoms with Crippen molar-refractivity contribution in [2.45, 2.75) is 6.92 Å². The first kappa shape index (κ1) is 23.5. The highest BCUT2D eigenvalue weighted by molar-refractivity contribution is 6.02. The number of hydrogen-bond donors (Lipinski definition) is 1. The number of aryl methyl sites for hydroxylation is 1. The van der Waals surface area contributed by atoms with Crippen LogP contribution in [0, 0.1) is 18.3 Å². The maximum absolute atomic E-state index is 12.5. The number of rotatable bonds is 10. The molecule has 0 aliphatic carbocycles. The lowest BCUT2D eigenvalue weighted by Gasteiger charge is -2.09. The third kappa shape index (κ3) is 5.97. The lowest BCUT2D eigenvalue weighted by atomic mass is 10.0. The lowest BCUT2D eigenvalue weighted by Crippen LogP contribution is -2.27. The van der Waals surface area contributed by atoms with Crippen LogP contribution >= 0.6 is 0 Å². The molecule has 1 heterocycles. The molecule has 0 bridgehead atoms. The van der Waals surface area contributed by atoms with Crippen LogP contribution < -0.4 is 10.1 Å².